The van der Waals surface area contributed by atoms with E-state index in [1.165, 1.54) is 18.4 Å². The lowest BCUT2D eigenvalue weighted by Gasteiger charge is -2.04. The highest BCUT2D eigenvalue weighted by molar-refractivity contribution is 6.02. The van der Waals surface area contributed by atoms with Crippen LogP contribution in [-0.4, -0.2) is 27.7 Å². The number of carbonyl (C=O) groups is 1. The van der Waals surface area contributed by atoms with E-state index in [1.807, 2.05) is 42.5 Å². The Morgan fingerprint density at radius 3 is 3.04 bits per heavy atom. The average molecular weight is 372 g/mol. The molecule has 0 spiro atoms. The van der Waals surface area contributed by atoms with Crippen molar-refractivity contribution in [3.8, 4) is 17.1 Å². The smallest absolute Gasteiger partial charge is 0.248 e. The number of hydrogen-bond donors (Lipinski definition) is 2. The molecule has 6 heteroatoms. The zero-order valence-corrected chi connectivity index (χ0v) is 15.3. The van der Waals surface area contributed by atoms with Crippen LogP contribution in [0, 0.1) is 0 Å². The molecule has 1 aliphatic heterocycles. The molecule has 0 unspecified atom stereocenters. The number of hydrogen-bond acceptors (Lipinski definition) is 4. The van der Waals surface area contributed by atoms with Crippen LogP contribution in [0.15, 0.2) is 48.5 Å². The molecular weight excluding hydrogens is 352 g/mol. The summed E-state index contributed by atoms with van der Waals surface area (Å²) in [7, 11) is 0. The zero-order chi connectivity index (χ0) is 18.9. The Kier molecular flexibility index (Phi) is 4.16. The minimum atomic E-state index is -0.178. The van der Waals surface area contributed by atoms with Crippen molar-refractivity contribution in [1.82, 2.24) is 15.2 Å². The third-order valence-corrected chi connectivity index (χ3v) is 5.00. The molecule has 6 nitrogen and oxygen atoms in total. The van der Waals surface area contributed by atoms with E-state index in [0.717, 1.165) is 35.7 Å². The molecule has 2 aromatic carbocycles. The van der Waals surface area contributed by atoms with Crippen LogP contribution in [0.3, 0.4) is 0 Å². The highest BCUT2D eigenvalue weighted by Crippen LogP contribution is 2.38. The molecule has 1 fully saturated rings. The van der Waals surface area contributed by atoms with Crippen LogP contribution in [0.4, 0.5) is 5.69 Å². The maximum absolute atomic E-state index is 12.3. The van der Waals surface area contributed by atoms with Gasteiger partial charge in [0, 0.05) is 29.7 Å². The summed E-state index contributed by atoms with van der Waals surface area (Å²) in [6.45, 7) is 0.729. The van der Waals surface area contributed by atoms with E-state index in [2.05, 4.69) is 26.6 Å². The van der Waals surface area contributed by atoms with Gasteiger partial charge in [0.25, 0.3) is 0 Å². The zero-order valence-electron chi connectivity index (χ0n) is 15.3. The quantitative estimate of drug-likeness (QED) is 0.665. The van der Waals surface area contributed by atoms with Crippen molar-refractivity contribution < 1.29 is 9.53 Å². The van der Waals surface area contributed by atoms with E-state index in [9.17, 15) is 4.79 Å². The van der Waals surface area contributed by atoms with Crippen molar-refractivity contribution in [2.75, 3.05) is 11.9 Å². The minimum Gasteiger partial charge on any atom is -0.493 e. The molecule has 3 aromatic rings. The number of rotatable bonds is 5. The molecule has 1 amide bonds. The van der Waals surface area contributed by atoms with Gasteiger partial charge in [-0.25, -0.2) is 4.98 Å². The van der Waals surface area contributed by atoms with E-state index >= 15 is 0 Å². The number of aromatic amines is 1. The highest BCUT2D eigenvalue weighted by atomic mass is 16.5. The number of benzene rings is 2. The Labute approximate surface area is 162 Å². The maximum atomic E-state index is 12.3. The van der Waals surface area contributed by atoms with E-state index in [0.29, 0.717) is 17.4 Å². The Morgan fingerprint density at radius 1 is 1.21 bits per heavy atom. The third-order valence-electron chi connectivity index (χ3n) is 5.00. The number of nitrogens with one attached hydrogen (secondary N) is 2. The van der Waals surface area contributed by atoms with Gasteiger partial charge in [0.15, 0.2) is 5.82 Å². The Bertz CT molecular complexity index is 1070. The predicted octanol–water partition coefficient (Wildman–Crippen LogP) is 3.94. The largest absolute Gasteiger partial charge is 0.493 e. The van der Waals surface area contributed by atoms with Crippen LogP contribution >= 0.6 is 0 Å². The molecule has 1 aliphatic carbocycles. The molecule has 2 aliphatic rings. The van der Waals surface area contributed by atoms with Gasteiger partial charge in [-0.05, 0) is 54.3 Å². The number of ether oxygens (including phenoxy) is 1. The van der Waals surface area contributed by atoms with Gasteiger partial charge in [-0.1, -0.05) is 18.2 Å². The topological polar surface area (TPSA) is 79.9 Å². The van der Waals surface area contributed by atoms with Crippen molar-refractivity contribution in [3.63, 3.8) is 0 Å². The number of H-pyrrole nitrogens is 1. The van der Waals surface area contributed by atoms with Gasteiger partial charge in [0.1, 0.15) is 11.6 Å². The molecule has 2 heterocycles. The molecular formula is C22H20N4O2. The Morgan fingerprint density at radius 2 is 2.14 bits per heavy atom. The molecule has 0 atom stereocenters. The number of carbonyl (C=O) groups excluding carboxylic acids is 1. The second kappa shape index (κ2) is 6.96. The minimum absolute atomic E-state index is 0.178. The highest BCUT2D eigenvalue weighted by Gasteiger charge is 2.27. The summed E-state index contributed by atoms with van der Waals surface area (Å²) in [4.78, 5) is 16.9. The summed E-state index contributed by atoms with van der Waals surface area (Å²) in [6.07, 6.45) is 6.62. The summed E-state index contributed by atoms with van der Waals surface area (Å²) in [5, 5.41) is 10.2. The first kappa shape index (κ1) is 16.7. The van der Waals surface area contributed by atoms with Crippen molar-refractivity contribution in [3.05, 3.63) is 65.5 Å². The lowest BCUT2D eigenvalue weighted by molar-refractivity contribution is -0.111. The van der Waals surface area contributed by atoms with Gasteiger partial charge >= 0.3 is 0 Å². The molecule has 0 radical (unpaired) electrons. The monoisotopic (exact) mass is 372 g/mol. The molecule has 5 rings (SSSR count). The fourth-order valence-corrected chi connectivity index (χ4v) is 3.34. The van der Waals surface area contributed by atoms with Gasteiger partial charge in [-0.15, -0.1) is 0 Å². The standard InChI is InChI=1S/C22H20N4O2/c27-20(9-5-14-4-8-19-16(12-14)10-11-28-19)23-18-3-1-2-17(13-18)22-24-21(25-26-22)15-6-7-15/h1-5,8-9,12-13,15H,6-7,10-11H2,(H,23,27)(H,24,25,26)/b9-5+. The Balaban J connectivity index is 1.27. The fraction of sp³-hybridized carbons (Fsp3) is 0.227. The first-order chi connectivity index (χ1) is 13.7. The number of amides is 1. The number of nitrogens with zero attached hydrogens (tertiary/aromatic N) is 2. The maximum Gasteiger partial charge on any atom is 0.248 e. The molecule has 2 N–H and O–H groups in total. The third kappa shape index (κ3) is 3.53. The van der Waals surface area contributed by atoms with Crippen LogP contribution in [-0.2, 0) is 11.2 Å². The number of fused-ring (bicyclic) bond motifs is 1. The van der Waals surface area contributed by atoms with Crippen molar-refractivity contribution in [2.24, 2.45) is 0 Å². The predicted molar refractivity (Wildman–Crippen MR) is 107 cm³/mol. The van der Waals surface area contributed by atoms with Crippen LogP contribution < -0.4 is 10.1 Å². The normalized spacial score (nSPS) is 15.4. The van der Waals surface area contributed by atoms with E-state index in [1.54, 1.807) is 6.08 Å². The van der Waals surface area contributed by atoms with Crippen LogP contribution in [0.5, 0.6) is 5.75 Å². The first-order valence-corrected chi connectivity index (χ1v) is 9.52. The molecule has 0 bridgehead atoms. The molecule has 140 valence electrons. The lowest BCUT2D eigenvalue weighted by atomic mass is 10.1. The van der Waals surface area contributed by atoms with Gasteiger partial charge in [-0.2, -0.15) is 5.10 Å². The van der Waals surface area contributed by atoms with Gasteiger partial charge in [-0.3, -0.25) is 9.89 Å². The van der Waals surface area contributed by atoms with Gasteiger partial charge in [0.2, 0.25) is 5.91 Å². The molecule has 28 heavy (non-hydrogen) atoms. The summed E-state index contributed by atoms with van der Waals surface area (Å²) in [6, 6.07) is 13.5. The summed E-state index contributed by atoms with van der Waals surface area (Å²) in [5.74, 6) is 2.90. The second-order valence-electron chi connectivity index (χ2n) is 7.19. The van der Waals surface area contributed by atoms with Crippen molar-refractivity contribution in [1.29, 1.82) is 0 Å². The van der Waals surface area contributed by atoms with E-state index < -0.39 is 0 Å². The Hall–Kier alpha value is -3.41. The van der Waals surface area contributed by atoms with Crippen molar-refractivity contribution in [2.45, 2.75) is 25.2 Å². The van der Waals surface area contributed by atoms with Crippen LogP contribution in [0.25, 0.3) is 17.5 Å². The fourth-order valence-electron chi connectivity index (χ4n) is 3.34. The van der Waals surface area contributed by atoms with Gasteiger partial charge < -0.3 is 10.1 Å². The van der Waals surface area contributed by atoms with Crippen molar-refractivity contribution >= 4 is 17.7 Å². The SMILES string of the molecule is O=C(/C=C/c1ccc2c(c1)CCO2)Nc1cccc(-c2n[nH]c(C3CC3)n2)c1. The average Bonchev–Trinajstić information content (AvgIpc) is 3.25. The molecule has 1 aromatic heterocycles. The number of aromatic nitrogens is 3. The summed E-state index contributed by atoms with van der Waals surface area (Å²) in [5.41, 5.74) is 3.77. The van der Waals surface area contributed by atoms with E-state index in [4.69, 9.17) is 4.74 Å². The summed E-state index contributed by atoms with van der Waals surface area (Å²) >= 11 is 0. The second-order valence-corrected chi connectivity index (χ2v) is 7.19. The lowest BCUT2D eigenvalue weighted by Crippen LogP contribution is -2.07. The molecule has 1 saturated carbocycles. The first-order valence-electron chi connectivity index (χ1n) is 9.52. The van der Waals surface area contributed by atoms with Crippen LogP contribution in [0.1, 0.15) is 35.7 Å². The van der Waals surface area contributed by atoms with Crippen LogP contribution in [0.2, 0.25) is 0 Å². The summed E-state index contributed by atoms with van der Waals surface area (Å²) < 4.78 is 5.51. The molecule has 0 saturated heterocycles. The van der Waals surface area contributed by atoms with E-state index in [-0.39, 0.29) is 5.91 Å². The number of anilines is 1. The van der Waals surface area contributed by atoms with Gasteiger partial charge in [0.05, 0.1) is 6.61 Å².